The third-order valence-corrected chi connectivity index (χ3v) is 4.25. The van der Waals surface area contributed by atoms with Crippen molar-refractivity contribution in [3.8, 4) is 11.1 Å². The van der Waals surface area contributed by atoms with Crippen LogP contribution < -0.4 is 10.6 Å². The first-order valence-corrected chi connectivity index (χ1v) is 9.16. The highest BCUT2D eigenvalue weighted by atomic mass is 16.3. The van der Waals surface area contributed by atoms with Crippen molar-refractivity contribution in [2.24, 2.45) is 5.92 Å². The summed E-state index contributed by atoms with van der Waals surface area (Å²) < 4.78 is 0. The van der Waals surface area contributed by atoms with Gasteiger partial charge < -0.3 is 20.5 Å². The highest BCUT2D eigenvalue weighted by molar-refractivity contribution is 5.95. The first-order chi connectivity index (χ1) is 13.0. The maximum Gasteiger partial charge on any atom is 0.251 e. The SMILES string of the molecule is CC(C)CCNC[C@H](NC(=O)c1cccc(-c2cccnc2)c1)[C@@H](O)C=O. The van der Waals surface area contributed by atoms with Crippen LogP contribution in [0.15, 0.2) is 48.8 Å². The largest absolute Gasteiger partial charge is 0.383 e. The molecule has 0 fully saturated rings. The van der Waals surface area contributed by atoms with E-state index in [0.717, 1.165) is 24.1 Å². The second-order valence-corrected chi connectivity index (χ2v) is 6.92. The Morgan fingerprint density at radius 2 is 2.00 bits per heavy atom. The third kappa shape index (κ3) is 6.58. The van der Waals surface area contributed by atoms with Crippen LogP contribution in [0.3, 0.4) is 0 Å². The van der Waals surface area contributed by atoms with Gasteiger partial charge in [0.25, 0.3) is 5.91 Å². The molecular formula is C21H27N3O3. The Hall–Kier alpha value is -2.57. The Labute approximate surface area is 160 Å². The molecule has 0 unspecified atom stereocenters. The second-order valence-electron chi connectivity index (χ2n) is 6.92. The van der Waals surface area contributed by atoms with Gasteiger partial charge in [0.05, 0.1) is 6.04 Å². The third-order valence-electron chi connectivity index (χ3n) is 4.25. The molecule has 6 heteroatoms. The molecule has 0 spiro atoms. The van der Waals surface area contributed by atoms with E-state index >= 15 is 0 Å². The van der Waals surface area contributed by atoms with Gasteiger partial charge in [-0.3, -0.25) is 9.78 Å². The Morgan fingerprint density at radius 1 is 1.22 bits per heavy atom. The number of nitrogens with zero attached hydrogens (tertiary/aromatic N) is 1. The van der Waals surface area contributed by atoms with E-state index in [1.54, 1.807) is 30.6 Å². The van der Waals surface area contributed by atoms with Crippen LogP contribution in [0.25, 0.3) is 11.1 Å². The van der Waals surface area contributed by atoms with Crippen molar-refractivity contribution in [1.29, 1.82) is 0 Å². The van der Waals surface area contributed by atoms with Crippen LogP contribution in [0.4, 0.5) is 0 Å². The summed E-state index contributed by atoms with van der Waals surface area (Å²) >= 11 is 0. The Morgan fingerprint density at radius 3 is 2.67 bits per heavy atom. The molecule has 144 valence electrons. The number of benzene rings is 1. The van der Waals surface area contributed by atoms with Gasteiger partial charge in [-0.2, -0.15) is 0 Å². The molecule has 2 atom stereocenters. The molecule has 1 aromatic heterocycles. The van der Waals surface area contributed by atoms with Crippen LogP contribution in [0, 0.1) is 5.92 Å². The predicted molar refractivity (Wildman–Crippen MR) is 105 cm³/mol. The molecule has 1 heterocycles. The van der Waals surface area contributed by atoms with Crippen molar-refractivity contribution in [2.45, 2.75) is 32.4 Å². The fourth-order valence-corrected chi connectivity index (χ4v) is 2.63. The minimum Gasteiger partial charge on any atom is -0.383 e. The van der Waals surface area contributed by atoms with Crippen LogP contribution in [0.5, 0.6) is 0 Å². The normalized spacial score (nSPS) is 13.2. The molecule has 27 heavy (non-hydrogen) atoms. The molecular weight excluding hydrogens is 342 g/mol. The van der Waals surface area contributed by atoms with Gasteiger partial charge in [0.2, 0.25) is 0 Å². The van der Waals surface area contributed by atoms with Gasteiger partial charge in [0.1, 0.15) is 6.10 Å². The molecule has 0 saturated heterocycles. The number of pyridine rings is 1. The van der Waals surface area contributed by atoms with Crippen LogP contribution >= 0.6 is 0 Å². The molecule has 0 saturated carbocycles. The van der Waals surface area contributed by atoms with E-state index in [9.17, 15) is 14.7 Å². The van der Waals surface area contributed by atoms with Gasteiger partial charge in [0.15, 0.2) is 6.29 Å². The number of amides is 1. The van der Waals surface area contributed by atoms with E-state index in [2.05, 4.69) is 29.5 Å². The topological polar surface area (TPSA) is 91.3 Å². The highest BCUT2D eigenvalue weighted by Crippen LogP contribution is 2.19. The molecule has 1 aromatic carbocycles. The Bertz CT molecular complexity index is 734. The summed E-state index contributed by atoms with van der Waals surface area (Å²) in [6.45, 7) is 5.32. The van der Waals surface area contributed by atoms with Crippen molar-refractivity contribution in [3.63, 3.8) is 0 Å². The molecule has 0 aliphatic heterocycles. The summed E-state index contributed by atoms with van der Waals surface area (Å²) in [6.07, 6.45) is 3.58. The molecule has 2 aromatic rings. The van der Waals surface area contributed by atoms with E-state index in [1.807, 2.05) is 18.2 Å². The average Bonchev–Trinajstić information content (AvgIpc) is 2.70. The number of carbonyl (C=O) groups excluding carboxylic acids is 2. The standard InChI is InChI=1S/C21H27N3O3/c1-15(2)8-10-23-13-19(20(26)14-25)24-21(27)17-6-3-5-16(11-17)18-7-4-9-22-12-18/h3-7,9,11-12,14-15,19-20,23,26H,8,10,13H2,1-2H3,(H,24,27)/t19-,20-/m0/s1. The number of aldehydes is 1. The lowest BCUT2D eigenvalue weighted by atomic mass is 10.0. The van der Waals surface area contributed by atoms with Gasteiger partial charge in [-0.05, 0) is 42.6 Å². The molecule has 1 amide bonds. The number of aliphatic hydroxyl groups is 1. The Balaban J connectivity index is 2.04. The summed E-state index contributed by atoms with van der Waals surface area (Å²) in [5, 5.41) is 15.9. The molecule has 6 nitrogen and oxygen atoms in total. The van der Waals surface area contributed by atoms with E-state index in [0.29, 0.717) is 24.3 Å². The van der Waals surface area contributed by atoms with Crippen LogP contribution in [0.1, 0.15) is 30.6 Å². The number of rotatable bonds is 10. The van der Waals surface area contributed by atoms with Crippen LogP contribution in [-0.4, -0.2) is 47.5 Å². The fourth-order valence-electron chi connectivity index (χ4n) is 2.63. The van der Waals surface area contributed by atoms with Crippen LogP contribution in [-0.2, 0) is 4.79 Å². The maximum absolute atomic E-state index is 12.6. The van der Waals surface area contributed by atoms with Crippen molar-refractivity contribution >= 4 is 12.2 Å². The molecule has 3 N–H and O–H groups in total. The first-order valence-electron chi connectivity index (χ1n) is 9.16. The number of carbonyl (C=O) groups is 2. The van der Waals surface area contributed by atoms with E-state index in [-0.39, 0.29) is 5.91 Å². The zero-order valence-electron chi connectivity index (χ0n) is 15.8. The predicted octanol–water partition coefficient (Wildman–Crippen LogP) is 2.04. The average molecular weight is 369 g/mol. The quantitative estimate of drug-likeness (QED) is 0.440. The van der Waals surface area contributed by atoms with E-state index in [1.165, 1.54) is 0 Å². The maximum atomic E-state index is 12.6. The highest BCUT2D eigenvalue weighted by Gasteiger charge is 2.21. The summed E-state index contributed by atoms with van der Waals surface area (Å²) in [4.78, 5) is 27.7. The summed E-state index contributed by atoms with van der Waals surface area (Å²) in [7, 11) is 0. The van der Waals surface area contributed by atoms with Gasteiger partial charge in [-0.15, -0.1) is 0 Å². The van der Waals surface area contributed by atoms with Crippen molar-refractivity contribution < 1.29 is 14.7 Å². The number of aromatic nitrogens is 1. The number of hydrogen-bond donors (Lipinski definition) is 3. The molecule has 0 aliphatic carbocycles. The number of hydrogen-bond acceptors (Lipinski definition) is 5. The van der Waals surface area contributed by atoms with Crippen molar-refractivity contribution in [1.82, 2.24) is 15.6 Å². The van der Waals surface area contributed by atoms with Crippen molar-refractivity contribution in [2.75, 3.05) is 13.1 Å². The van der Waals surface area contributed by atoms with E-state index < -0.39 is 12.1 Å². The molecule has 0 bridgehead atoms. The lowest BCUT2D eigenvalue weighted by Crippen LogP contribution is -2.50. The summed E-state index contributed by atoms with van der Waals surface area (Å²) in [5.41, 5.74) is 2.24. The lowest BCUT2D eigenvalue weighted by molar-refractivity contribution is -0.115. The van der Waals surface area contributed by atoms with Gasteiger partial charge in [-0.25, -0.2) is 0 Å². The van der Waals surface area contributed by atoms with Gasteiger partial charge in [0, 0.05) is 30.1 Å². The monoisotopic (exact) mass is 369 g/mol. The Kier molecular flexibility index (Phi) is 8.10. The molecule has 2 rings (SSSR count). The smallest absolute Gasteiger partial charge is 0.251 e. The molecule has 0 radical (unpaired) electrons. The minimum atomic E-state index is -1.26. The van der Waals surface area contributed by atoms with Gasteiger partial charge >= 0.3 is 0 Å². The fraction of sp³-hybridized carbons (Fsp3) is 0.381. The molecule has 0 aliphatic rings. The summed E-state index contributed by atoms with van der Waals surface area (Å²) in [6, 6.07) is 10.2. The number of aliphatic hydroxyl groups excluding tert-OH is 1. The number of nitrogens with one attached hydrogen (secondary N) is 2. The minimum absolute atomic E-state index is 0.320. The van der Waals surface area contributed by atoms with Crippen molar-refractivity contribution in [3.05, 3.63) is 54.4 Å². The van der Waals surface area contributed by atoms with Gasteiger partial charge in [-0.1, -0.05) is 32.0 Å². The van der Waals surface area contributed by atoms with Crippen LogP contribution in [0.2, 0.25) is 0 Å². The second kappa shape index (κ2) is 10.5. The zero-order chi connectivity index (χ0) is 19.6. The first kappa shape index (κ1) is 20.7. The van der Waals surface area contributed by atoms with E-state index in [4.69, 9.17) is 0 Å². The zero-order valence-corrected chi connectivity index (χ0v) is 15.8. The summed E-state index contributed by atoms with van der Waals surface area (Å²) in [5.74, 6) is 0.217. The lowest BCUT2D eigenvalue weighted by Gasteiger charge is -2.21.